The highest BCUT2D eigenvalue weighted by Crippen LogP contribution is 2.14. The summed E-state index contributed by atoms with van der Waals surface area (Å²) >= 11 is 0. The van der Waals surface area contributed by atoms with E-state index in [-0.39, 0.29) is 19.4 Å². The van der Waals surface area contributed by atoms with Gasteiger partial charge in [-0.2, -0.15) is 4.79 Å². The minimum atomic E-state index is -1.11. The molecule has 0 aromatic carbocycles. The fourth-order valence-electron chi connectivity index (χ4n) is 3.46. The number of ether oxygens (including phenoxy) is 1. The first-order valence-corrected chi connectivity index (χ1v) is 11.7. The van der Waals surface area contributed by atoms with Crippen LogP contribution in [-0.2, 0) is 14.3 Å². The third-order valence-electron chi connectivity index (χ3n) is 5.36. The van der Waals surface area contributed by atoms with Crippen LogP contribution in [0.5, 0.6) is 0 Å². The average Bonchev–Trinajstić information content (AvgIpc) is 2.64. The van der Waals surface area contributed by atoms with E-state index in [9.17, 15) is 19.5 Å². The highest BCUT2D eigenvalue weighted by Gasteiger charge is 2.33. The van der Waals surface area contributed by atoms with E-state index in [0.717, 1.165) is 12.8 Å². The lowest BCUT2D eigenvalue weighted by Gasteiger charge is -2.27. The Morgan fingerprint density at radius 1 is 0.767 bits per heavy atom. The number of carboxylic acids is 1. The minimum Gasteiger partial charge on any atom is -0.481 e. The molecule has 0 aliphatic heterocycles. The summed E-state index contributed by atoms with van der Waals surface area (Å²) in [5, 5.41) is 18.2. The van der Waals surface area contributed by atoms with Gasteiger partial charge in [-0.1, -0.05) is 84.0 Å². The second-order valence-corrected chi connectivity index (χ2v) is 8.85. The van der Waals surface area contributed by atoms with Crippen molar-refractivity contribution >= 4 is 18.0 Å². The van der Waals surface area contributed by atoms with Crippen molar-refractivity contribution in [1.82, 2.24) is 0 Å². The second-order valence-electron chi connectivity index (χ2n) is 8.85. The third kappa shape index (κ3) is 16.2. The Morgan fingerprint density at radius 2 is 1.20 bits per heavy atom. The minimum absolute atomic E-state index is 0.0774. The van der Waals surface area contributed by atoms with Gasteiger partial charge in [-0.3, -0.25) is 9.59 Å². The molecule has 0 aliphatic rings. The lowest BCUT2D eigenvalue weighted by atomic mass is 10.0. The molecule has 0 rings (SSSR count). The third-order valence-corrected chi connectivity index (χ3v) is 5.36. The summed E-state index contributed by atoms with van der Waals surface area (Å²) in [5.74, 6) is -1.56. The summed E-state index contributed by atoms with van der Waals surface area (Å²) in [6, 6.07) is 0. The number of amides is 1. The van der Waals surface area contributed by atoms with Gasteiger partial charge in [-0.25, -0.2) is 4.48 Å². The molecule has 0 bridgehead atoms. The SMILES string of the molecule is CCCCCCCCCCCCCCCC(=O)OC(CC(=O)O)C[N+](C)(C)C(=O)O. The monoisotopic (exact) mass is 430 g/mol. The molecule has 7 heteroatoms. The molecular formula is C23H44NO6+. The number of aliphatic carboxylic acids is 1. The van der Waals surface area contributed by atoms with E-state index in [1.807, 2.05) is 0 Å². The van der Waals surface area contributed by atoms with E-state index in [2.05, 4.69) is 6.92 Å². The van der Waals surface area contributed by atoms with Crippen molar-refractivity contribution in [2.24, 2.45) is 0 Å². The van der Waals surface area contributed by atoms with Gasteiger partial charge in [0.2, 0.25) is 0 Å². The molecule has 176 valence electrons. The molecule has 0 aliphatic carbocycles. The number of hydrogen-bond donors (Lipinski definition) is 2. The van der Waals surface area contributed by atoms with Crippen LogP contribution in [-0.4, -0.2) is 59.5 Å². The predicted molar refractivity (Wildman–Crippen MR) is 117 cm³/mol. The number of rotatable bonds is 19. The lowest BCUT2D eigenvalue weighted by Crippen LogP contribution is -2.50. The molecule has 0 fully saturated rings. The summed E-state index contributed by atoms with van der Waals surface area (Å²) in [6.45, 7) is 2.16. The van der Waals surface area contributed by atoms with Crippen LogP contribution in [0.4, 0.5) is 4.79 Å². The average molecular weight is 431 g/mol. The van der Waals surface area contributed by atoms with Gasteiger partial charge in [-0.05, 0) is 6.42 Å². The van der Waals surface area contributed by atoms with Gasteiger partial charge >= 0.3 is 18.0 Å². The van der Waals surface area contributed by atoms with Crippen LogP contribution in [0.3, 0.4) is 0 Å². The molecule has 2 N–H and O–H groups in total. The number of carboxylic acid groups (broad SMARTS) is 2. The number of unbranched alkanes of at least 4 members (excludes halogenated alkanes) is 12. The molecule has 0 heterocycles. The molecule has 0 spiro atoms. The Morgan fingerprint density at radius 3 is 1.60 bits per heavy atom. The maximum absolute atomic E-state index is 12.0. The molecule has 0 saturated heterocycles. The molecule has 7 nitrogen and oxygen atoms in total. The van der Waals surface area contributed by atoms with Gasteiger partial charge in [0.25, 0.3) is 0 Å². The highest BCUT2D eigenvalue weighted by molar-refractivity contribution is 5.71. The van der Waals surface area contributed by atoms with E-state index < -0.39 is 28.6 Å². The van der Waals surface area contributed by atoms with Crippen LogP contribution in [0.1, 0.15) is 103 Å². The maximum Gasteiger partial charge on any atom is 0.513 e. The molecule has 30 heavy (non-hydrogen) atoms. The molecule has 0 aromatic heterocycles. The van der Waals surface area contributed by atoms with Crippen molar-refractivity contribution in [3.8, 4) is 0 Å². The van der Waals surface area contributed by atoms with Gasteiger partial charge in [0.15, 0.2) is 6.10 Å². The van der Waals surface area contributed by atoms with Crippen molar-refractivity contribution in [2.45, 2.75) is 109 Å². The molecule has 1 atom stereocenters. The Hall–Kier alpha value is -1.63. The summed E-state index contributed by atoms with van der Waals surface area (Å²) in [7, 11) is 2.88. The zero-order valence-corrected chi connectivity index (χ0v) is 19.4. The van der Waals surface area contributed by atoms with Crippen LogP contribution in [0.25, 0.3) is 0 Å². The number of nitrogens with zero attached hydrogens (tertiary/aromatic N) is 1. The summed E-state index contributed by atoms with van der Waals surface area (Å²) in [6.07, 6.45) is 13.7. The number of carbonyl (C=O) groups excluding carboxylic acids is 1. The summed E-state index contributed by atoms with van der Waals surface area (Å²) in [4.78, 5) is 34.2. The number of carbonyl (C=O) groups is 3. The first-order chi connectivity index (χ1) is 14.2. The Kier molecular flexibility index (Phi) is 16.2. The van der Waals surface area contributed by atoms with E-state index >= 15 is 0 Å². The zero-order valence-electron chi connectivity index (χ0n) is 19.4. The van der Waals surface area contributed by atoms with Crippen LogP contribution >= 0.6 is 0 Å². The van der Waals surface area contributed by atoms with Crippen LogP contribution in [0, 0.1) is 0 Å². The van der Waals surface area contributed by atoms with Gasteiger partial charge in [-0.15, -0.1) is 0 Å². The van der Waals surface area contributed by atoms with Crippen LogP contribution in [0.2, 0.25) is 0 Å². The molecule has 1 unspecified atom stereocenters. The molecular weight excluding hydrogens is 386 g/mol. The topological polar surface area (TPSA) is 101 Å². The van der Waals surface area contributed by atoms with Gasteiger partial charge in [0, 0.05) is 6.42 Å². The van der Waals surface area contributed by atoms with Crippen LogP contribution < -0.4 is 0 Å². The highest BCUT2D eigenvalue weighted by atomic mass is 16.5. The van der Waals surface area contributed by atoms with Crippen molar-refractivity contribution in [1.29, 1.82) is 0 Å². The van der Waals surface area contributed by atoms with Crippen molar-refractivity contribution < 1.29 is 33.8 Å². The predicted octanol–water partition coefficient (Wildman–Crippen LogP) is 5.61. The van der Waals surface area contributed by atoms with E-state index in [0.29, 0.717) is 6.42 Å². The Labute approximate surface area is 182 Å². The van der Waals surface area contributed by atoms with E-state index in [4.69, 9.17) is 9.84 Å². The van der Waals surface area contributed by atoms with Crippen molar-refractivity contribution in [3.05, 3.63) is 0 Å². The largest absolute Gasteiger partial charge is 0.513 e. The normalized spacial score (nSPS) is 12.5. The summed E-state index contributed by atoms with van der Waals surface area (Å²) < 4.78 is 4.80. The fourth-order valence-corrected chi connectivity index (χ4v) is 3.46. The van der Waals surface area contributed by atoms with Gasteiger partial charge in [0.05, 0.1) is 20.5 Å². The number of esters is 1. The maximum atomic E-state index is 12.0. The fraction of sp³-hybridized carbons (Fsp3) is 0.870. The number of hydrogen-bond acceptors (Lipinski definition) is 4. The molecule has 0 radical (unpaired) electrons. The number of quaternary nitrogens is 1. The van der Waals surface area contributed by atoms with Crippen molar-refractivity contribution in [3.63, 3.8) is 0 Å². The van der Waals surface area contributed by atoms with E-state index in [1.54, 1.807) is 0 Å². The smallest absolute Gasteiger partial charge is 0.481 e. The first kappa shape index (κ1) is 28.4. The Bertz CT molecular complexity index is 492. The Balaban J connectivity index is 3.83. The molecule has 1 amide bonds. The first-order valence-electron chi connectivity index (χ1n) is 11.7. The van der Waals surface area contributed by atoms with Gasteiger partial charge < -0.3 is 14.9 Å². The summed E-state index contributed by atoms with van der Waals surface area (Å²) in [5.41, 5.74) is 0. The zero-order chi connectivity index (χ0) is 22.8. The van der Waals surface area contributed by atoms with Crippen molar-refractivity contribution in [2.75, 3.05) is 20.6 Å². The standard InChI is InChI=1S/C23H43NO6/c1-4-5-6-7-8-9-10-11-12-13-14-15-16-17-22(27)30-20(18-21(25)26)19-24(2,3)23(28)29/h20H,4-19H2,1-3H3,(H-,25,26,28,29)/p+1. The van der Waals surface area contributed by atoms with Gasteiger partial charge in [0.1, 0.15) is 6.54 Å². The quantitative estimate of drug-likeness (QED) is 0.157. The van der Waals surface area contributed by atoms with Crippen LogP contribution in [0.15, 0.2) is 0 Å². The lowest BCUT2D eigenvalue weighted by molar-refractivity contribution is -0.820. The number of likely N-dealkylation sites (N-methyl/N-ethyl adjacent to an activating group) is 1. The molecule has 0 saturated carbocycles. The second kappa shape index (κ2) is 17.1. The molecule has 0 aromatic rings. The van der Waals surface area contributed by atoms with E-state index in [1.165, 1.54) is 78.3 Å².